The Kier molecular flexibility index (Phi) is 4.47. The fraction of sp³-hybridized carbons (Fsp3) is 0.591. The van der Waals surface area contributed by atoms with E-state index < -0.39 is 6.04 Å². The minimum atomic E-state index is -0.557. The Morgan fingerprint density at radius 2 is 1.93 bits per heavy atom. The van der Waals surface area contributed by atoms with Crippen molar-refractivity contribution in [3.63, 3.8) is 0 Å². The lowest BCUT2D eigenvalue weighted by Gasteiger charge is -2.52. The highest BCUT2D eigenvalue weighted by Gasteiger charge is 2.44. The van der Waals surface area contributed by atoms with Crippen molar-refractivity contribution in [1.82, 2.24) is 15.1 Å². The highest BCUT2D eigenvalue weighted by molar-refractivity contribution is 6.05. The monoisotopic (exact) mass is 396 g/mol. The number of nitrogens with zero attached hydrogens (tertiary/aromatic N) is 2. The molecule has 3 amide bonds. The van der Waals surface area contributed by atoms with Crippen molar-refractivity contribution in [2.45, 2.75) is 63.7 Å². The molecule has 7 nitrogen and oxygen atoms in total. The van der Waals surface area contributed by atoms with Gasteiger partial charge in [-0.05, 0) is 61.3 Å². The van der Waals surface area contributed by atoms with E-state index in [-0.39, 0.29) is 29.6 Å². The van der Waals surface area contributed by atoms with Gasteiger partial charge in [0.2, 0.25) is 11.8 Å². The van der Waals surface area contributed by atoms with Crippen LogP contribution in [0.5, 0.6) is 0 Å². The number of benzene rings is 1. The molecular weight excluding hydrogens is 368 g/mol. The first-order valence-corrected chi connectivity index (χ1v) is 10.7. The van der Waals surface area contributed by atoms with E-state index in [9.17, 15) is 14.4 Å². The van der Waals surface area contributed by atoms with Gasteiger partial charge in [0.15, 0.2) is 0 Å². The summed E-state index contributed by atoms with van der Waals surface area (Å²) in [6.07, 6.45) is 5.56. The maximum atomic E-state index is 13.0. The van der Waals surface area contributed by atoms with Gasteiger partial charge < -0.3 is 10.6 Å². The minimum Gasteiger partial charge on any atom is -0.330 e. The molecule has 4 fully saturated rings. The number of rotatable bonds is 4. The molecule has 2 bridgehead atoms. The van der Waals surface area contributed by atoms with Crippen LogP contribution in [-0.4, -0.2) is 52.7 Å². The van der Waals surface area contributed by atoms with E-state index in [1.165, 1.54) is 25.7 Å². The van der Waals surface area contributed by atoms with Gasteiger partial charge >= 0.3 is 0 Å². The first-order valence-electron chi connectivity index (χ1n) is 10.7. The molecule has 0 aromatic heterocycles. The summed E-state index contributed by atoms with van der Waals surface area (Å²) in [6, 6.07) is 6.19. The van der Waals surface area contributed by atoms with E-state index in [4.69, 9.17) is 5.73 Å². The van der Waals surface area contributed by atoms with Gasteiger partial charge in [-0.1, -0.05) is 12.1 Å². The third-order valence-corrected chi connectivity index (χ3v) is 7.48. The number of nitrogens with two attached hydrogens (primary N) is 1. The van der Waals surface area contributed by atoms with Crippen LogP contribution in [0.25, 0.3) is 0 Å². The molecule has 6 rings (SSSR count). The molecule has 4 aliphatic heterocycles. The standard InChI is InChI=1S/C22H28N4O3/c23-12-22-7-5-16(6-8-22)25(13-22)10-14-1-2-15-11-26(21(29)17(15)9-14)18-3-4-19(27)24-20(18)28/h1-2,9,16,18H,3-8,10-13,23H2,(H,24,27,28). The zero-order valence-electron chi connectivity index (χ0n) is 16.7. The second kappa shape index (κ2) is 6.92. The van der Waals surface area contributed by atoms with Crippen LogP contribution in [-0.2, 0) is 22.7 Å². The lowest BCUT2D eigenvalue weighted by atomic mass is 9.67. The summed E-state index contributed by atoms with van der Waals surface area (Å²) in [5, 5.41) is 2.35. The summed E-state index contributed by atoms with van der Waals surface area (Å²) in [5.41, 5.74) is 9.16. The van der Waals surface area contributed by atoms with Crippen molar-refractivity contribution in [3.8, 4) is 0 Å². The second-order valence-electron chi connectivity index (χ2n) is 9.23. The van der Waals surface area contributed by atoms with E-state index in [1.54, 1.807) is 4.90 Å². The fourth-order valence-corrected chi connectivity index (χ4v) is 5.69. The molecule has 1 aromatic rings. The SMILES string of the molecule is NCC12CCC(CC1)N(Cc1ccc3c(c1)C(=O)N(C1CCC(=O)NC1=O)C3)C2. The Morgan fingerprint density at radius 1 is 1.14 bits per heavy atom. The number of hydrogen-bond acceptors (Lipinski definition) is 5. The van der Waals surface area contributed by atoms with Crippen LogP contribution in [0.3, 0.4) is 0 Å². The van der Waals surface area contributed by atoms with Crippen molar-refractivity contribution < 1.29 is 14.4 Å². The van der Waals surface area contributed by atoms with Gasteiger partial charge in [-0.15, -0.1) is 0 Å². The third kappa shape index (κ3) is 3.16. The number of amides is 3. The number of hydrogen-bond donors (Lipinski definition) is 2. The Hall–Kier alpha value is -2.25. The average molecular weight is 396 g/mol. The molecule has 0 spiro atoms. The smallest absolute Gasteiger partial charge is 0.255 e. The van der Waals surface area contributed by atoms with Gasteiger partial charge in [0.05, 0.1) is 0 Å². The molecule has 154 valence electrons. The minimum absolute atomic E-state index is 0.102. The van der Waals surface area contributed by atoms with Gasteiger partial charge in [0.25, 0.3) is 5.91 Å². The summed E-state index contributed by atoms with van der Waals surface area (Å²) >= 11 is 0. The number of nitrogens with one attached hydrogen (secondary N) is 1. The highest BCUT2D eigenvalue weighted by Crippen LogP contribution is 2.44. The zero-order chi connectivity index (χ0) is 20.2. The van der Waals surface area contributed by atoms with Crippen molar-refractivity contribution in [2.24, 2.45) is 11.1 Å². The molecular formula is C22H28N4O3. The molecule has 1 saturated carbocycles. The summed E-state index contributed by atoms with van der Waals surface area (Å²) in [4.78, 5) is 40.8. The van der Waals surface area contributed by atoms with E-state index in [0.29, 0.717) is 24.6 Å². The van der Waals surface area contributed by atoms with Crippen LogP contribution in [0, 0.1) is 5.41 Å². The van der Waals surface area contributed by atoms with Crippen molar-refractivity contribution >= 4 is 17.7 Å². The van der Waals surface area contributed by atoms with Gasteiger partial charge in [-0.25, -0.2) is 0 Å². The Labute approximate surface area is 170 Å². The highest BCUT2D eigenvalue weighted by atomic mass is 16.2. The molecule has 4 heterocycles. The number of carbonyl (C=O) groups excluding carboxylic acids is 3. The Bertz CT molecular complexity index is 875. The molecule has 3 N–H and O–H groups in total. The molecule has 5 aliphatic rings. The first kappa shape index (κ1) is 18.8. The summed E-state index contributed by atoms with van der Waals surface area (Å²) in [5.74, 6) is -0.724. The van der Waals surface area contributed by atoms with E-state index in [0.717, 1.165) is 30.8 Å². The van der Waals surface area contributed by atoms with Crippen LogP contribution in [0.4, 0.5) is 0 Å². The molecule has 1 atom stereocenters. The molecule has 1 unspecified atom stereocenters. The van der Waals surface area contributed by atoms with Gasteiger partial charge in [-0.3, -0.25) is 24.6 Å². The fourth-order valence-electron chi connectivity index (χ4n) is 5.69. The normalized spacial score (nSPS) is 31.9. The Balaban J connectivity index is 1.32. The van der Waals surface area contributed by atoms with E-state index >= 15 is 0 Å². The summed E-state index contributed by atoms with van der Waals surface area (Å²) in [6.45, 7) is 3.07. The number of imide groups is 1. The lowest BCUT2D eigenvalue weighted by molar-refractivity contribution is -0.136. The van der Waals surface area contributed by atoms with E-state index in [2.05, 4.69) is 16.3 Å². The lowest BCUT2D eigenvalue weighted by Crippen LogP contribution is -2.56. The average Bonchev–Trinajstić information content (AvgIpc) is 3.05. The molecule has 0 radical (unpaired) electrons. The first-order chi connectivity index (χ1) is 14.0. The number of piperidine rings is 3. The predicted octanol–water partition coefficient (Wildman–Crippen LogP) is 1.15. The number of carbonyl (C=O) groups is 3. The van der Waals surface area contributed by atoms with Crippen molar-refractivity contribution in [1.29, 1.82) is 0 Å². The van der Waals surface area contributed by atoms with Gasteiger partial charge in [0.1, 0.15) is 6.04 Å². The second-order valence-corrected chi connectivity index (χ2v) is 9.23. The topological polar surface area (TPSA) is 95.7 Å². The van der Waals surface area contributed by atoms with Crippen LogP contribution in [0.2, 0.25) is 0 Å². The van der Waals surface area contributed by atoms with Crippen LogP contribution < -0.4 is 11.1 Å². The maximum Gasteiger partial charge on any atom is 0.255 e. The van der Waals surface area contributed by atoms with Gasteiger partial charge in [0, 0.05) is 37.7 Å². The van der Waals surface area contributed by atoms with Crippen molar-refractivity contribution in [2.75, 3.05) is 13.1 Å². The maximum absolute atomic E-state index is 13.0. The quantitative estimate of drug-likeness (QED) is 0.745. The summed E-state index contributed by atoms with van der Waals surface area (Å²) in [7, 11) is 0. The zero-order valence-corrected chi connectivity index (χ0v) is 16.7. The predicted molar refractivity (Wildman–Crippen MR) is 107 cm³/mol. The van der Waals surface area contributed by atoms with Crippen molar-refractivity contribution in [3.05, 3.63) is 34.9 Å². The van der Waals surface area contributed by atoms with Crippen LogP contribution in [0.1, 0.15) is 60.0 Å². The molecule has 7 heteroatoms. The molecule has 29 heavy (non-hydrogen) atoms. The third-order valence-electron chi connectivity index (χ3n) is 7.48. The molecule has 3 saturated heterocycles. The molecule has 1 aliphatic carbocycles. The number of fused-ring (bicyclic) bond motifs is 4. The van der Waals surface area contributed by atoms with E-state index in [1.807, 2.05) is 12.1 Å². The van der Waals surface area contributed by atoms with Gasteiger partial charge in [-0.2, -0.15) is 0 Å². The van der Waals surface area contributed by atoms with Crippen LogP contribution in [0.15, 0.2) is 18.2 Å². The Morgan fingerprint density at radius 3 is 2.66 bits per heavy atom. The van der Waals surface area contributed by atoms with Crippen LogP contribution >= 0.6 is 0 Å². The summed E-state index contributed by atoms with van der Waals surface area (Å²) < 4.78 is 0. The largest absolute Gasteiger partial charge is 0.330 e. The molecule has 1 aromatic carbocycles.